The number of ketones is 2. The molecule has 11 heterocycles. The van der Waals surface area contributed by atoms with E-state index in [9.17, 15) is 48.3 Å². The summed E-state index contributed by atoms with van der Waals surface area (Å²) in [4.78, 5) is 120. The van der Waals surface area contributed by atoms with Gasteiger partial charge in [-0.2, -0.15) is 0 Å². The van der Waals surface area contributed by atoms with Crippen LogP contribution in [-0.4, -0.2) is 312 Å². The highest BCUT2D eigenvalue weighted by Crippen LogP contribution is 2.55. The first-order valence-corrected chi connectivity index (χ1v) is 43.8. The van der Waals surface area contributed by atoms with Crippen molar-refractivity contribution in [3.63, 3.8) is 0 Å². The summed E-state index contributed by atoms with van der Waals surface area (Å²) >= 11 is 0. The lowest BCUT2D eigenvalue weighted by Gasteiger charge is -2.47. The summed E-state index contributed by atoms with van der Waals surface area (Å²) < 4.78 is 116. The molecule has 0 saturated carbocycles. The molecule has 11 aliphatic rings. The molecule has 1 aromatic rings. The van der Waals surface area contributed by atoms with Gasteiger partial charge in [-0.05, 0) is 98.5 Å². The summed E-state index contributed by atoms with van der Waals surface area (Å²) in [6.45, 7) is 20.2. The predicted molar refractivity (Wildman–Crippen MR) is 431 cm³/mol. The Balaban J connectivity index is 0.539. The Morgan fingerprint density at radius 1 is 0.623 bits per heavy atom. The number of alkyl carbamates (subject to hydrolysis) is 1. The molecule has 7 N–H and O–H groups in total. The van der Waals surface area contributed by atoms with Gasteiger partial charge >= 0.3 is 18.1 Å². The standard InChI is InChI=1S/C86H130N6O30/c1-52(2)76(91-72(96)20-24-104-26-28-106-30-32-108-34-36-110-38-40-112-41-39-111-37-35-109-33-31-107-29-27-105-25-21-75(99)122-92-73(97)17-18-74(92)98)65(95)44-57(8-7-23-88-84(87)101)83(100)90-58-11-9-56(10-12-58)51-113-85(102)89-50-60(94)47-70-77(103-6)64-46-59(93)45-62-14-16-67-78(116-62)82-81-80(118-67)79-71(119-81)49-86(120-79,121-82)22-19-63-43-54(4)66(114-63)15-13-61-42-53(3)55(5)68(115-61)48-69(64)117-70/h9-12,52-53,57,60-64,66-71,76-82,94H,4-5,7-8,13-51H2,1-3,6H3,(H,89,102)(H,90,100)(H,91,96)(H3,87,88,101)/t53-,57-,60+,61+,62-,63+,64+,66+,67+,68-,69+,70-,71-,76+,77-,78+,79+,80+,81-,82+,86+/m1/s1. The van der Waals surface area contributed by atoms with Gasteiger partial charge in [0.25, 0.3) is 11.8 Å². The third-order valence-electron chi connectivity index (χ3n) is 24.1. The summed E-state index contributed by atoms with van der Waals surface area (Å²) in [5.74, 6) is -5.33. The van der Waals surface area contributed by atoms with Crippen LogP contribution in [0.1, 0.15) is 155 Å². The van der Waals surface area contributed by atoms with Crippen molar-refractivity contribution in [2.75, 3.05) is 144 Å². The van der Waals surface area contributed by atoms with Gasteiger partial charge in [-0.3, -0.25) is 28.8 Å². The molecular formula is C86H130N6O30. The lowest BCUT2D eigenvalue weighted by Crippen LogP contribution is -2.61. The summed E-state index contributed by atoms with van der Waals surface area (Å²) in [6.07, 6.45) is 0.608. The third kappa shape index (κ3) is 28.9. The number of benzene rings is 1. The number of imide groups is 1. The van der Waals surface area contributed by atoms with Crippen LogP contribution in [0.25, 0.3) is 0 Å². The topological polar surface area (TPSA) is 436 Å². The van der Waals surface area contributed by atoms with E-state index in [0.717, 1.165) is 43.3 Å². The number of carbonyl (C=O) groups excluding carboxylic acids is 9. The molecule has 11 saturated heterocycles. The van der Waals surface area contributed by atoms with Crippen molar-refractivity contribution < 1.29 is 143 Å². The van der Waals surface area contributed by atoms with Crippen LogP contribution in [0.2, 0.25) is 0 Å². The van der Waals surface area contributed by atoms with Crippen molar-refractivity contribution in [2.45, 2.75) is 265 Å². The Morgan fingerprint density at radius 2 is 1.20 bits per heavy atom. The van der Waals surface area contributed by atoms with Gasteiger partial charge in [0.05, 0.1) is 199 Å². The Bertz CT molecular complexity index is 3550. The summed E-state index contributed by atoms with van der Waals surface area (Å²) in [7, 11) is 1.58. The molecule has 0 aromatic heterocycles. The molecule has 1 spiro atoms. The van der Waals surface area contributed by atoms with Crippen LogP contribution in [0.15, 0.2) is 48.6 Å². The lowest BCUT2D eigenvalue weighted by molar-refractivity contribution is -0.292. The van der Waals surface area contributed by atoms with Crippen molar-refractivity contribution in [2.24, 2.45) is 29.4 Å². The molecule has 122 heavy (non-hydrogen) atoms. The molecule has 0 unspecified atom stereocenters. The molecule has 0 aliphatic carbocycles. The highest BCUT2D eigenvalue weighted by atomic mass is 16.8. The van der Waals surface area contributed by atoms with Crippen LogP contribution in [0.4, 0.5) is 15.3 Å². The van der Waals surface area contributed by atoms with Crippen molar-refractivity contribution in [3.05, 3.63) is 54.1 Å². The van der Waals surface area contributed by atoms with E-state index >= 15 is 0 Å². The predicted octanol–water partition coefficient (Wildman–Crippen LogP) is 5.05. The number of Topliss-reactive ketones (excluding diaryl/α,β-unsaturated/α-hetero) is 2. The second-order valence-corrected chi connectivity index (χ2v) is 33.5. The summed E-state index contributed by atoms with van der Waals surface area (Å²) in [5.41, 5.74) is 8.32. The van der Waals surface area contributed by atoms with Gasteiger partial charge in [0.1, 0.15) is 42.9 Å². The van der Waals surface area contributed by atoms with Gasteiger partial charge in [0.15, 0.2) is 11.6 Å². The van der Waals surface area contributed by atoms with Crippen LogP contribution in [0, 0.1) is 23.7 Å². The number of hydroxylamine groups is 2. The van der Waals surface area contributed by atoms with Gasteiger partial charge in [0, 0.05) is 102 Å². The number of nitrogens with one attached hydrogen (secondary N) is 4. The molecule has 36 heteroatoms. The number of ether oxygens (including phenoxy) is 19. The molecule has 12 bridgehead atoms. The van der Waals surface area contributed by atoms with Crippen molar-refractivity contribution in [3.8, 4) is 0 Å². The highest BCUT2D eigenvalue weighted by Gasteiger charge is 2.69. The number of urea groups is 1. The fourth-order valence-electron chi connectivity index (χ4n) is 17.7. The highest BCUT2D eigenvalue weighted by molar-refractivity contribution is 6.01. The number of aliphatic hydroxyl groups is 1. The third-order valence-corrected chi connectivity index (χ3v) is 24.1. The average molecular weight is 1730 g/mol. The Kier molecular flexibility index (Phi) is 38.5. The smallest absolute Gasteiger partial charge is 0.407 e. The normalized spacial score (nSPS) is 30.1. The van der Waals surface area contributed by atoms with Gasteiger partial charge in [-0.1, -0.05) is 46.1 Å². The number of anilines is 1. The number of fused-ring (bicyclic) bond motifs is 6. The Labute approximate surface area is 713 Å². The number of methoxy groups -OCH3 is 1. The maximum atomic E-state index is 14.6. The van der Waals surface area contributed by atoms with E-state index in [2.05, 4.69) is 41.3 Å². The quantitative estimate of drug-likeness (QED) is 0.0282. The molecule has 1 aromatic carbocycles. The number of rotatable bonds is 49. The first-order valence-electron chi connectivity index (χ1n) is 43.8. The molecule has 21 atom stereocenters. The molecule has 684 valence electrons. The minimum Gasteiger partial charge on any atom is -0.445 e. The number of carbonyl (C=O) groups is 9. The first kappa shape index (κ1) is 96.0. The maximum Gasteiger partial charge on any atom is 0.407 e. The zero-order chi connectivity index (χ0) is 86.5. The van der Waals surface area contributed by atoms with E-state index in [1.165, 1.54) is 0 Å². The second kappa shape index (κ2) is 48.9. The SMILES string of the molecule is C=C1C[C@@H]2CC[C@@]34C[C@H]5O[C@H]6[C@@H](O3)[C@H]3O[C@H](CC[C@@H]3O[C@H]6[C@H]5O4)CC(=O)C[C@@H]3[C@@H](OC)[C@@H](C[C@H](O)CNC(=O)OCc4ccc(NC(=O)[C@H](CCCNC(N)=O)CC(=O)[C@@H](NC(=O)CCOCCOCCOCCOCCOCCOCCOCCOCCOCCC(=O)ON5C(=O)CCC5=O)C(C)C)cc4)O[C@H]3C[C@H]3O[C@@H](CC[C@@H]1O2)C[C@@H](C)C3=C. The number of nitrogens with two attached hydrogens (primary N) is 1. The van der Waals surface area contributed by atoms with Gasteiger partial charge < -0.3 is 127 Å². The molecule has 11 fully saturated rings. The van der Waals surface area contributed by atoms with E-state index < -0.39 is 108 Å². The number of hydrogen-bond acceptors (Lipinski definition) is 30. The molecule has 11 aliphatic heterocycles. The van der Waals surface area contributed by atoms with Crippen LogP contribution < -0.4 is 27.0 Å². The number of aliphatic hydroxyl groups excluding tert-OH is 1. The number of amides is 7. The Morgan fingerprint density at radius 3 is 1.83 bits per heavy atom. The van der Waals surface area contributed by atoms with Gasteiger partial charge in [0.2, 0.25) is 11.8 Å². The van der Waals surface area contributed by atoms with E-state index in [-0.39, 0.29) is 189 Å². The monoisotopic (exact) mass is 1730 g/mol. The molecule has 7 amide bonds. The van der Waals surface area contributed by atoms with Crippen LogP contribution >= 0.6 is 0 Å². The van der Waals surface area contributed by atoms with Crippen LogP contribution in [0.5, 0.6) is 0 Å². The van der Waals surface area contributed by atoms with Crippen molar-refractivity contribution >= 4 is 59.0 Å². The van der Waals surface area contributed by atoms with Crippen molar-refractivity contribution in [1.82, 2.24) is 21.0 Å². The summed E-state index contributed by atoms with van der Waals surface area (Å²) in [6, 6.07) is 4.96. The fourth-order valence-corrected chi connectivity index (χ4v) is 17.7. The zero-order valence-electron chi connectivity index (χ0n) is 71.2. The molecule has 36 nitrogen and oxygen atoms in total. The molecule has 0 radical (unpaired) electrons. The lowest BCUT2D eigenvalue weighted by atomic mass is 9.81. The van der Waals surface area contributed by atoms with Crippen molar-refractivity contribution in [1.29, 1.82) is 0 Å². The minimum absolute atomic E-state index is 0.00726. The number of hydrogen-bond donors (Lipinski definition) is 6. The van der Waals surface area contributed by atoms with Crippen LogP contribution in [0.3, 0.4) is 0 Å². The van der Waals surface area contributed by atoms with Crippen LogP contribution in [-0.2, 0) is 135 Å². The second-order valence-electron chi connectivity index (χ2n) is 33.5. The summed E-state index contributed by atoms with van der Waals surface area (Å²) in [5, 5.41) is 23.0. The molecule has 12 rings (SSSR count). The number of primary amides is 1. The largest absolute Gasteiger partial charge is 0.445 e. The van der Waals surface area contributed by atoms with Gasteiger partial charge in [-0.25, -0.2) is 14.4 Å². The van der Waals surface area contributed by atoms with Gasteiger partial charge in [-0.15, -0.1) is 5.06 Å². The zero-order valence-corrected chi connectivity index (χ0v) is 71.2. The average Bonchev–Trinajstić information content (AvgIpc) is 1.55. The maximum absolute atomic E-state index is 14.6. The van der Waals surface area contributed by atoms with E-state index in [1.807, 2.05) is 0 Å². The first-order chi connectivity index (χ1) is 59.0. The molecular weight excluding hydrogens is 1600 g/mol. The Hall–Kier alpha value is -6.63. The van der Waals surface area contributed by atoms with E-state index in [4.69, 9.17) is 101 Å². The fraction of sp³-hybridized carbons (Fsp3) is 0.779. The van der Waals surface area contributed by atoms with E-state index in [0.29, 0.717) is 141 Å². The van der Waals surface area contributed by atoms with E-state index in [1.54, 1.807) is 45.2 Å². The minimum atomic E-state index is -1.11. The number of nitrogens with zero attached hydrogens (tertiary/aromatic N) is 1.